The zero-order valence-electron chi connectivity index (χ0n) is 21.2. The molecule has 8 nitrogen and oxygen atoms in total. The molecule has 2 rings (SSSR count). The largest absolute Gasteiger partial charge is 0.491 e. The van der Waals surface area contributed by atoms with Crippen LogP contribution in [0.5, 0.6) is 11.5 Å². The summed E-state index contributed by atoms with van der Waals surface area (Å²) in [5.41, 5.74) is 0.636. The summed E-state index contributed by atoms with van der Waals surface area (Å²) in [5.74, 6) is -0.0989. The fraction of sp³-hybridized carbons (Fsp3) is 0.308. The van der Waals surface area contributed by atoms with Gasteiger partial charge in [0.05, 0.1) is 54.1 Å². The first-order valence-electron chi connectivity index (χ1n) is 11.4. The molecule has 0 aliphatic rings. The third-order valence-electron chi connectivity index (χ3n) is 4.80. The van der Waals surface area contributed by atoms with Crippen LogP contribution in [0, 0.1) is 0 Å². The quantitative estimate of drug-likeness (QED) is 0.111. The van der Waals surface area contributed by atoms with Gasteiger partial charge >= 0.3 is 11.9 Å². The molecule has 0 saturated carbocycles. The second-order valence-corrected chi connectivity index (χ2v) is 13.5. The maximum absolute atomic E-state index is 13.4. The zero-order valence-corrected chi connectivity index (χ0v) is 28.3. The minimum absolute atomic E-state index is 0.0378. The summed E-state index contributed by atoms with van der Waals surface area (Å²) in [4.78, 5) is 23.0. The molecule has 0 spiro atoms. The van der Waals surface area contributed by atoms with E-state index in [1.807, 2.05) is 0 Å². The summed E-state index contributed by atoms with van der Waals surface area (Å²) in [6.07, 6.45) is 0.877. The molecule has 0 radical (unpaired) electrons. The number of benzene rings is 2. The molecule has 13 heteroatoms. The average molecular weight is 818 g/mol. The number of sulfone groups is 1. The smallest absolute Gasteiger partial charge is 0.333 e. The second-order valence-electron chi connectivity index (χ2n) is 8.17. The van der Waals surface area contributed by atoms with E-state index in [0.29, 0.717) is 53.4 Å². The molecule has 2 aromatic rings. The monoisotopic (exact) mass is 814 g/mol. The third-order valence-corrected chi connectivity index (χ3v) is 8.87. The van der Waals surface area contributed by atoms with Crippen LogP contribution in [0.3, 0.4) is 0 Å². The van der Waals surface area contributed by atoms with E-state index in [2.05, 4.69) is 76.9 Å². The van der Waals surface area contributed by atoms with Crippen molar-refractivity contribution >= 4 is 85.5 Å². The summed E-state index contributed by atoms with van der Waals surface area (Å²) in [5, 5.41) is 0. The Morgan fingerprint density at radius 1 is 0.667 bits per heavy atom. The number of ether oxygens (including phenoxy) is 4. The Hall–Kier alpha value is -1.67. The number of halogens is 4. The van der Waals surface area contributed by atoms with Crippen molar-refractivity contribution in [2.24, 2.45) is 0 Å². The summed E-state index contributed by atoms with van der Waals surface area (Å²) < 4.78 is 50.1. The molecular weight excluding hydrogens is 792 g/mol. The van der Waals surface area contributed by atoms with E-state index >= 15 is 0 Å². The normalized spacial score (nSPS) is 11.0. The molecule has 0 aromatic heterocycles. The Balaban J connectivity index is 2.09. The highest BCUT2D eigenvalue weighted by Gasteiger charge is 2.24. The molecule has 39 heavy (non-hydrogen) atoms. The van der Waals surface area contributed by atoms with Gasteiger partial charge in [-0.05, 0) is 102 Å². The highest BCUT2D eigenvalue weighted by molar-refractivity contribution is 9.11. The topological polar surface area (TPSA) is 105 Å². The van der Waals surface area contributed by atoms with Crippen LogP contribution in [-0.2, 0) is 28.9 Å². The van der Waals surface area contributed by atoms with Gasteiger partial charge in [-0.2, -0.15) is 0 Å². The van der Waals surface area contributed by atoms with Gasteiger partial charge in [0.15, 0.2) is 0 Å². The molecule has 0 aliphatic heterocycles. The van der Waals surface area contributed by atoms with Crippen molar-refractivity contribution in [2.75, 3.05) is 26.4 Å². The molecule has 0 atom stereocenters. The standard InChI is InChI=1S/C26H26Br4O8S/c1-15(2)25(31)37-9-5-7-35-23-19(27)11-17(12-20(23)28)39(33,34)18-13-21(29)24(22(30)14-18)36-8-6-10-38-26(32)16(3)4/h11-14H,1,3,5-10H2,2,4H3. The molecule has 212 valence electrons. The van der Waals surface area contributed by atoms with Gasteiger partial charge in [-0.1, -0.05) is 13.2 Å². The number of carbonyl (C=O) groups is 2. The predicted molar refractivity (Wildman–Crippen MR) is 161 cm³/mol. The van der Waals surface area contributed by atoms with E-state index in [1.165, 1.54) is 24.3 Å². The molecule has 0 amide bonds. The van der Waals surface area contributed by atoms with Crippen LogP contribution < -0.4 is 9.47 Å². The number of hydrogen-bond donors (Lipinski definition) is 0. The fourth-order valence-corrected chi connectivity index (χ4v) is 7.64. The highest BCUT2D eigenvalue weighted by atomic mass is 79.9. The molecule has 0 fully saturated rings. The second kappa shape index (κ2) is 15.4. The van der Waals surface area contributed by atoms with Gasteiger partial charge in [0, 0.05) is 24.0 Å². The van der Waals surface area contributed by atoms with Crippen LogP contribution in [-0.4, -0.2) is 46.8 Å². The predicted octanol–water partition coefficient (Wildman–Crippen LogP) is 7.35. The maximum atomic E-state index is 13.4. The van der Waals surface area contributed by atoms with Crippen molar-refractivity contribution < 1.29 is 37.0 Å². The van der Waals surface area contributed by atoms with Crippen molar-refractivity contribution in [3.63, 3.8) is 0 Å². The van der Waals surface area contributed by atoms with Crippen molar-refractivity contribution in [2.45, 2.75) is 36.5 Å². The number of rotatable bonds is 14. The SMILES string of the molecule is C=C(C)C(=O)OCCCOc1c(Br)cc(S(=O)(=O)c2cc(Br)c(OCCCOC(=O)C(=C)C)c(Br)c2)cc1Br. The third kappa shape index (κ3) is 9.73. The molecule has 0 unspecified atom stereocenters. The van der Waals surface area contributed by atoms with Gasteiger partial charge in [-0.3, -0.25) is 0 Å². The lowest BCUT2D eigenvalue weighted by atomic mass is 10.3. The molecular formula is C26H26Br4O8S. The Bertz CT molecular complexity index is 1230. The van der Waals surface area contributed by atoms with Gasteiger partial charge in [0.1, 0.15) is 11.5 Å². The van der Waals surface area contributed by atoms with Gasteiger partial charge < -0.3 is 18.9 Å². The lowest BCUT2D eigenvalue weighted by Crippen LogP contribution is -2.10. The highest BCUT2D eigenvalue weighted by Crippen LogP contribution is 2.40. The van der Waals surface area contributed by atoms with Crippen LogP contribution >= 0.6 is 63.7 Å². The van der Waals surface area contributed by atoms with Gasteiger partial charge in [0.2, 0.25) is 9.84 Å². The van der Waals surface area contributed by atoms with E-state index in [9.17, 15) is 18.0 Å². The Kier molecular flexibility index (Phi) is 13.2. The zero-order chi connectivity index (χ0) is 29.3. The Labute approximate surface area is 261 Å². The lowest BCUT2D eigenvalue weighted by molar-refractivity contribution is -0.140. The first kappa shape index (κ1) is 33.5. The minimum atomic E-state index is -3.92. The summed E-state index contributed by atoms with van der Waals surface area (Å²) in [6.45, 7) is 11.0. The summed E-state index contributed by atoms with van der Waals surface area (Å²) in [6, 6.07) is 5.81. The van der Waals surface area contributed by atoms with Crippen molar-refractivity contribution in [1.29, 1.82) is 0 Å². The van der Waals surface area contributed by atoms with Crippen LogP contribution in [0.15, 0.2) is 76.3 Å². The molecule has 0 N–H and O–H groups in total. The van der Waals surface area contributed by atoms with Crippen molar-refractivity contribution in [3.8, 4) is 11.5 Å². The minimum Gasteiger partial charge on any atom is -0.491 e. The van der Waals surface area contributed by atoms with Crippen molar-refractivity contribution in [1.82, 2.24) is 0 Å². The molecule has 0 heterocycles. The number of carbonyl (C=O) groups excluding carboxylic acids is 2. The van der Waals surface area contributed by atoms with E-state index < -0.39 is 21.8 Å². The summed E-state index contributed by atoms with van der Waals surface area (Å²) >= 11 is 13.5. The first-order valence-corrected chi connectivity index (χ1v) is 16.0. The van der Waals surface area contributed by atoms with Gasteiger partial charge in [0.25, 0.3) is 0 Å². The van der Waals surface area contributed by atoms with E-state index in [0.717, 1.165) is 0 Å². The van der Waals surface area contributed by atoms with Crippen LogP contribution in [0.25, 0.3) is 0 Å². The van der Waals surface area contributed by atoms with Crippen molar-refractivity contribution in [3.05, 3.63) is 66.5 Å². The van der Waals surface area contributed by atoms with E-state index in [4.69, 9.17) is 18.9 Å². The van der Waals surface area contributed by atoms with Crippen LogP contribution in [0.2, 0.25) is 0 Å². The van der Waals surface area contributed by atoms with Crippen LogP contribution in [0.4, 0.5) is 0 Å². The van der Waals surface area contributed by atoms with E-state index in [1.54, 1.807) is 13.8 Å². The molecule has 0 bridgehead atoms. The summed E-state index contributed by atoms with van der Waals surface area (Å²) in [7, 11) is -3.92. The molecule has 2 aromatic carbocycles. The van der Waals surface area contributed by atoms with Gasteiger partial charge in [-0.25, -0.2) is 18.0 Å². The number of esters is 2. The Morgan fingerprint density at radius 2 is 0.974 bits per heavy atom. The average Bonchev–Trinajstić information content (AvgIpc) is 2.85. The Morgan fingerprint density at radius 3 is 1.26 bits per heavy atom. The fourth-order valence-electron chi connectivity index (χ4n) is 2.84. The van der Waals surface area contributed by atoms with Crippen LogP contribution in [0.1, 0.15) is 26.7 Å². The van der Waals surface area contributed by atoms with Gasteiger partial charge in [-0.15, -0.1) is 0 Å². The maximum Gasteiger partial charge on any atom is 0.333 e. The first-order chi connectivity index (χ1) is 18.2. The molecule has 0 aliphatic carbocycles. The number of hydrogen-bond acceptors (Lipinski definition) is 8. The lowest BCUT2D eigenvalue weighted by Gasteiger charge is -2.15. The van der Waals surface area contributed by atoms with E-state index in [-0.39, 0.29) is 36.2 Å². The molecule has 0 saturated heterocycles.